The number of unbranched alkanes of at least 4 members (excludes halogenated alkanes) is 9. The van der Waals surface area contributed by atoms with Gasteiger partial charge in [-0.1, -0.05) is 122 Å². The van der Waals surface area contributed by atoms with E-state index in [4.69, 9.17) is 40.8 Å². The van der Waals surface area contributed by atoms with Crippen LogP contribution in [0.4, 0.5) is 0 Å². The summed E-state index contributed by atoms with van der Waals surface area (Å²) in [5.74, 6) is 0. The predicted molar refractivity (Wildman–Crippen MR) is 129 cm³/mol. The van der Waals surface area contributed by atoms with E-state index in [0.717, 1.165) is 24.3 Å². The van der Waals surface area contributed by atoms with Gasteiger partial charge in [-0.15, -0.1) is 0 Å². The summed E-state index contributed by atoms with van der Waals surface area (Å²) < 4.78 is 0. The number of hydrogen-bond acceptors (Lipinski definition) is 8. The molecule has 0 aromatic heterocycles. The molecule has 0 rings (SSSR count). The van der Waals surface area contributed by atoms with Crippen LogP contribution >= 0.6 is 0 Å². The largest absolute Gasteiger partial charge is 0.231 e. The molecule has 0 heterocycles. The SMILES string of the molecule is C.C.C.C.CC.CCCCCCCCCCCC.N=C=O.N=C=O.N=C=O.N=C=O. The van der Waals surface area contributed by atoms with Crippen LogP contribution in [0.25, 0.3) is 0 Å². The van der Waals surface area contributed by atoms with Crippen molar-refractivity contribution in [1.82, 2.24) is 0 Å². The Morgan fingerprint density at radius 3 is 0.633 bits per heavy atom. The van der Waals surface area contributed by atoms with Crippen molar-refractivity contribution in [2.45, 2.75) is 122 Å². The Morgan fingerprint density at radius 2 is 0.533 bits per heavy atom. The van der Waals surface area contributed by atoms with Crippen molar-refractivity contribution in [3.63, 3.8) is 0 Å². The fraction of sp³-hybridized carbons (Fsp3) is 0.818. The summed E-state index contributed by atoms with van der Waals surface area (Å²) in [5, 5.41) is 21.6. The van der Waals surface area contributed by atoms with Crippen LogP contribution in [0.3, 0.4) is 0 Å². The first-order chi connectivity index (χ1) is 12.6. The number of hydrogen-bond donors (Lipinski definition) is 4. The smallest absolute Gasteiger partial charge is 0.222 e. The van der Waals surface area contributed by atoms with Gasteiger partial charge in [-0.05, 0) is 0 Å². The van der Waals surface area contributed by atoms with Gasteiger partial charge in [0.2, 0.25) is 24.3 Å². The van der Waals surface area contributed by atoms with Gasteiger partial charge >= 0.3 is 0 Å². The lowest BCUT2D eigenvalue weighted by Gasteiger charge is -1.99. The maximum Gasteiger partial charge on any atom is 0.231 e. The van der Waals surface area contributed by atoms with Crippen LogP contribution in [-0.2, 0) is 19.2 Å². The summed E-state index contributed by atoms with van der Waals surface area (Å²) in [7, 11) is 0. The molecule has 184 valence electrons. The highest BCUT2D eigenvalue weighted by atomic mass is 16.1. The summed E-state index contributed by atoms with van der Waals surface area (Å²) >= 11 is 0. The second-order valence-corrected chi connectivity index (χ2v) is 4.24. The molecule has 0 unspecified atom stereocenters. The molecule has 0 bridgehead atoms. The Morgan fingerprint density at radius 1 is 0.433 bits per heavy atom. The van der Waals surface area contributed by atoms with Crippen LogP contribution in [-0.4, -0.2) is 24.3 Å². The van der Waals surface area contributed by atoms with E-state index >= 15 is 0 Å². The van der Waals surface area contributed by atoms with Crippen molar-refractivity contribution in [3.05, 3.63) is 0 Å². The van der Waals surface area contributed by atoms with E-state index in [0.29, 0.717) is 0 Å². The molecular weight excluding hydrogens is 384 g/mol. The van der Waals surface area contributed by atoms with Gasteiger partial charge in [0.25, 0.3) is 0 Å². The molecule has 0 fully saturated rings. The lowest BCUT2D eigenvalue weighted by atomic mass is 10.1. The molecule has 0 saturated carbocycles. The normalized spacial score (nSPS) is 5.47. The van der Waals surface area contributed by atoms with Crippen molar-refractivity contribution in [3.8, 4) is 0 Å². The molecule has 0 atom stereocenters. The van der Waals surface area contributed by atoms with E-state index in [-0.39, 0.29) is 29.7 Å². The monoisotopic (exact) mass is 436 g/mol. The summed E-state index contributed by atoms with van der Waals surface area (Å²) in [6.07, 6.45) is 17.4. The molecule has 0 aliphatic carbocycles. The second kappa shape index (κ2) is 130. The summed E-state index contributed by atoms with van der Waals surface area (Å²) in [6, 6.07) is 0. The lowest BCUT2D eigenvalue weighted by molar-refractivity contribution is 0.562. The van der Waals surface area contributed by atoms with Gasteiger partial charge in [-0.3, -0.25) is 0 Å². The summed E-state index contributed by atoms with van der Waals surface area (Å²) in [6.45, 7) is 8.56. The van der Waals surface area contributed by atoms with Crippen molar-refractivity contribution in [1.29, 1.82) is 21.6 Å². The first-order valence-corrected chi connectivity index (χ1v) is 8.73. The summed E-state index contributed by atoms with van der Waals surface area (Å²) in [4.78, 5) is 33.4. The minimum absolute atomic E-state index is 0. The Bertz CT molecular complexity index is 281. The number of carbonyl (C=O) groups excluding carboxylic acids is 4. The molecule has 0 aliphatic rings. The highest BCUT2D eigenvalue weighted by molar-refractivity contribution is 5.26. The lowest BCUT2D eigenvalue weighted by Crippen LogP contribution is -1.80. The average molecular weight is 437 g/mol. The van der Waals surface area contributed by atoms with Crippen molar-refractivity contribution < 1.29 is 19.2 Å². The van der Waals surface area contributed by atoms with E-state index in [1.165, 1.54) is 64.2 Å². The molecule has 4 N–H and O–H groups in total. The number of isocyanates is 4. The van der Waals surface area contributed by atoms with Crippen molar-refractivity contribution in [2.24, 2.45) is 0 Å². The highest BCUT2D eigenvalue weighted by Gasteiger charge is 1.90. The van der Waals surface area contributed by atoms with Crippen LogP contribution in [0.15, 0.2) is 0 Å². The maximum absolute atomic E-state index is 8.35. The first-order valence-electron chi connectivity index (χ1n) is 8.73. The predicted octanol–water partition coefficient (Wildman–Crippen LogP) is 8.10. The molecule has 0 aliphatic heterocycles. The van der Waals surface area contributed by atoms with Gasteiger partial charge in [-0.25, -0.2) is 40.8 Å². The van der Waals surface area contributed by atoms with Crippen LogP contribution in [0.1, 0.15) is 122 Å². The van der Waals surface area contributed by atoms with E-state index in [9.17, 15) is 0 Å². The maximum atomic E-state index is 8.35. The van der Waals surface area contributed by atoms with Gasteiger partial charge in [0.15, 0.2) is 0 Å². The number of rotatable bonds is 9. The van der Waals surface area contributed by atoms with Gasteiger partial charge in [0, 0.05) is 0 Å². The number of nitrogens with one attached hydrogen (secondary N) is 4. The third-order valence-corrected chi connectivity index (χ3v) is 2.46. The summed E-state index contributed by atoms with van der Waals surface area (Å²) in [5.41, 5.74) is 0. The van der Waals surface area contributed by atoms with Crippen LogP contribution in [0.2, 0.25) is 0 Å². The van der Waals surface area contributed by atoms with Crippen LogP contribution in [0.5, 0.6) is 0 Å². The van der Waals surface area contributed by atoms with Crippen LogP contribution < -0.4 is 0 Å². The Balaban J connectivity index is -0.0000000236. The zero-order chi connectivity index (χ0) is 21.9. The molecule has 8 nitrogen and oxygen atoms in total. The van der Waals surface area contributed by atoms with Crippen molar-refractivity contribution in [2.75, 3.05) is 0 Å². The average Bonchev–Trinajstić information content (AvgIpc) is 2.62. The molecule has 0 amide bonds. The standard InChI is InChI=1S/C12H26.C2H6.4CHNO.4CH4/c1-3-5-7-9-11-12-10-8-6-4-2;1-2;4*2-1-3;;;;/h3-12H2,1-2H3;1-2H3;4*2H;4*1H4. The zero-order valence-electron chi connectivity index (χ0n) is 16.7. The molecular formula is C22H52N4O4. The quantitative estimate of drug-likeness (QED) is 0.163. The Hall–Kier alpha value is -2.48. The Labute approximate surface area is 187 Å². The van der Waals surface area contributed by atoms with Crippen molar-refractivity contribution >= 4 is 24.3 Å². The Kier molecular flexibility index (Phi) is 274. The zero-order valence-corrected chi connectivity index (χ0v) is 16.7. The molecule has 0 spiro atoms. The van der Waals surface area contributed by atoms with Gasteiger partial charge < -0.3 is 0 Å². The molecule has 0 aromatic rings. The van der Waals surface area contributed by atoms with E-state index < -0.39 is 0 Å². The molecule has 30 heavy (non-hydrogen) atoms. The minimum atomic E-state index is 0. The molecule has 0 aromatic carbocycles. The third kappa shape index (κ3) is 361. The van der Waals surface area contributed by atoms with Gasteiger partial charge in [-0.2, -0.15) is 0 Å². The topological polar surface area (TPSA) is 164 Å². The molecule has 0 saturated heterocycles. The van der Waals surface area contributed by atoms with Gasteiger partial charge in [0.1, 0.15) is 0 Å². The molecule has 0 radical (unpaired) electrons. The van der Waals surface area contributed by atoms with E-state index in [1.807, 2.05) is 13.8 Å². The first kappa shape index (κ1) is 63.1. The fourth-order valence-corrected chi connectivity index (χ4v) is 1.56. The van der Waals surface area contributed by atoms with Crippen LogP contribution in [0, 0.1) is 21.6 Å². The minimum Gasteiger partial charge on any atom is -0.222 e. The highest BCUT2D eigenvalue weighted by Crippen LogP contribution is 2.09. The van der Waals surface area contributed by atoms with Gasteiger partial charge in [0.05, 0.1) is 0 Å². The molecule has 8 heteroatoms. The third-order valence-electron chi connectivity index (χ3n) is 2.46. The van der Waals surface area contributed by atoms with E-state index in [1.54, 1.807) is 0 Å². The fourth-order valence-electron chi connectivity index (χ4n) is 1.56. The van der Waals surface area contributed by atoms with E-state index in [2.05, 4.69) is 13.8 Å². The second-order valence-electron chi connectivity index (χ2n) is 4.24.